The van der Waals surface area contributed by atoms with Crippen LogP contribution in [-0.4, -0.2) is 41.2 Å². The molecule has 4 heteroatoms. The van der Waals surface area contributed by atoms with Crippen LogP contribution in [0.2, 0.25) is 0 Å². The van der Waals surface area contributed by atoms with E-state index in [2.05, 4.69) is 0 Å². The Morgan fingerprint density at radius 1 is 1.55 bits per heavy atom. The molecule has 0 radical (unpaired) electrons. The van der Waals surface area contributed by atoms with E-state index >= 15 is 0 Å². The lowest BCUT2D eigenvalue weighted by Gasteiger charge is -2.18. The van der Waals surface area contributed by atoms with Gasteiger partial charge >= 0.3 is 0 Å². The first-order valence-corrected chi connectivity index (χ1v) is 3.73. The van der Waals surface area contributed by atoms with E-state index in [4.69, 9.17) is 5.11 Å². The van der Waals surface area contributed by atoms with Crippen molar-refractivity contribution in [1.29, 1.82) is 0 Å². The molecule has 0 saturated carbocycles. The molecule has 0 aromatic heterocycles. The van der Waals surface area contributed by atoms with Crippen LogP contribution in [0.3, 0.4) is 0 Å². The number of rotatable bonds is 1. The van der Waals surface area contributed by atoms with E-state index in [1.54, 1.807) is 4.90 Å². The third kappa shape index (κ3) is 1.68. The first-order valence-electron chi connectivity index (χ1n) is 3.73. The quantitative estimate of drug-likeness (QED) is 0.618. The van der Waals surface area contributed by atoms with Crippen molar-refractivity contribution in [2.75, 3.05) is 13.1 Å². The molecule has 0 aromatic rings. The molecule has 0 aliphatic carbocycles. The summed E-state index contributed by atoms with van der Waals surface area (Å²) in [5.74, 6) is -2.91. The lowest BCUT2D eigenvalue weighted by molar-refractivity contribution is -0.0734. The van der Waals surface area contributed by atoms with E-state index < -0.39 is 12.0 Å². The van der Waals surface area contributed by atoms with Crippen LogP contribution < -0.4 is 0 Å². The molecular formula is C7H13F2NO. The van der Waals surface area contributed by atoms with Crippen LogP contribution >= 0.6 is 0 Å². The standard InChI is InChI=1S/C7H13F2NO/c1-5(2)10-3-6(11)7(8,9)4-10/h5-6,11H,3-4H2,1-2H3/t6-/m1/s1. The van der Waals surface area contributed by atoms with E-state index in [1.165, 1.54) is 0 Å². The molecule has 1 atom stereocenters. The molecule has 66 valence electrons. The van der Waals surface area contributed by atoms with E-state index in [-0.39, 0.29) is 19.1 Å². The Morgan fingerprint density at radius 3 is 2.27 bits per heavy atom. The van der Waals surface area contributed by atoms with Gasteiger partial charge in [-0.25, -0.2) is 8.78 Å². The van der Waals surface area contributed by atoms with Crippen molar-refractivity contribution in [1.82, 2.24) is 4.90 Å². The van der Waals surface area contributed by atoms with Gasteiger partial charge in [-0.05, 0) is 13.8 Å². The molecule has 1 N–H and O–H groups in total. The number of halogens is 2. The van der Waals surface area contributed by atoms with E-state index in [1.807, 2.05) is 13.8 Å². The highest BCUT2D eigenvalue weighted by atomic mass is 19.3. The molecule has 1 heterocycles. The van der Waals surface area contributed by atoms with Gasteiger partial charge in [-0.1, -0.05) is 0 Å². The molecule has 1 rings (SSSR count). The van der Waals surface area contributed by atoms with Crippen LogP contribution in [0.15, 0.2) is 0 Å². The average Bonchev–Trinajstić information content (AvgIpc) is 2.08. The molecule has 0 bridgehead atoms. The minimum Gasteiger partial charge on any atom is -0.385 e. The maximum atomic E-state index is 12.7. The Kier molecular flexibility index (Phi) is 2.16. The second kappa shape index (κ2) is 2.68. The lowest BCUT2D eigenvalue weighted by atomic mass is 10.2. The zero-order chi connectivity index (χ0) is 8.65. The van der Waals surface area contributed by atoms with Crippen LogP contribution in [0, 0.1) is 0 Å². The highest BCUT2D eigenvalue weighted by molar-refractivity contribution is 4.91. The summed E-state index contributed by atoms with van der Waals surface area (Å²) in [4.78, 5) is 1.57. The summed E-state index contributed by atoms with van der Waals surface area (Å²) < 4.78 is 25.3. The summed E-state index contributed by atoms with van der Waals surface area (Å²) in [6.45, 7) is 3.46. The largest absolute Gasteiger partial charge is 0.385 e. The fourth-order valence-corrected chi connectivity index (χ4v) is 1.19. The van der Waals surface area contributed by atoms with Gasteiger partial charge in [0.05, 0.1) is 6.54 Å². The fourth-order valence-electron chi connectivity index (χ4n) is 1.19. The number of alkyl halides is 2. The van der Waals surface area contributed by atoms with Crippen molar-refractivity contribution in [2.24, 2.45) is 0 Å². The van der Waals surface area contributed by atoms with Crippen molar-refractivity contribution >= 4 is 0 Å². The molecule has 1 fully saturated rings. The number of nitrogens with zero attached hydrogens (tertiary/aromatic N) is 1. The number of hydrogen-bond acceptors (Lipinski definition) is 2. The van der Waals surface area contributed by atoms with Gasteiger partial charge in [0.25, 0.3) is 5.92 Å². The summed E-state index contributed by atoms with van der Waals surface area (Å²) in [7, 11) is 0. The van der Waals surface area contributed by atoms with Gasteiger partial charge in [0.2, 0.25) is 0 Å². The highest BCUT2D eigenvalue weighted by Gasteiger charge is 2.47. The third-order valence-electron chi connectivity index (χ3n) is 2.04. The summed E-state index contributed by atoms with van der Waals surface area (Å²) in [6, 6.07) is 0.0815. The monoisotopic (exact) mass is 165 g/mol. The minimum atomic E-state index is -2.91. The summed E-state index contributed by atoms with van der Waals surface area (Å²) in [5.41, 5.74) is 0. The summed E-state index contributed by atoms with van der Waals surface area (Å²) in [5, 5.41) is 8.88. The first-order chi connectivity index (χ1) is 4.93. The molecule has 1 aliphatic rings. The van der Waals surface area contributed by atoms with Gasteiger partial charge < -0.3 is 5.11 Å². The average molecular weight is 165 g/mol. The predicted molar refractivity (Wildman–Crippen MR) is 37.7 cm³/mol. The van der Waals surface area contributed by atoms with Gasteiger partial charge in [0.1, 0.15) is 6.10 Å². The number of β-amino-alcohol motifs (C(OH)–C–C–N with tert-alkyl or cyclic N) is 1. The van der Waals surface area contributed by atoms with Gasteiger partial charge in [0, 0.05) is 12.6 Å². The molecule has 0 unspecified atom stereocenters. The highest BCUT2D eigenvalue weighted by Crippen LogP contribution is 2.28. The normalized spacial score (nSPS) is 31.6. The molecular weight excluding hydrogens is 152 g/mol. The molecule has 1 saturated heterocycles. The first kappa shape index (κ1) is 8.87. The van der Waals surface area contributed by atoms with E-state index in [0.717, 1.165) is 0 Å². The summed E-state index contributed by atoms with van der Waals surface area (Å²) in [6.07, 6.45) is -1.48. The van der Waals surface area contributed by atoms with Gasteiger partial charge in [-0.2, -0.15) is 0 Å². The van der Waals surface area contributed by atoms with E-state index in [0.29, 0.717) is 0 Å². The Morgan fingerprint density at radius 2 is 2.09 bits per heavy atom. The van der Waals surface area contributed by atoms with Gasteiger partial charge in [-0.15, -0.1) is 0 Å². The molecule has 1 aliphatic heterocycles. The number of aliphatic hydroxyl groups excluding tert-OH is 1. The Balaban J connectivity index is 2.57. The van der Waals surface area contributed by atoms with Crippen LogP contribution in [0.25, 0.3) is 0 Å². The topological polar surface area (TPSA) is 23.5 Å². The van der Waals surface area contributed by atoms with Crippen molar-refractivity contribution < 1.29 is 13.9 Å². The van der Waals surface area contributed by atoms with Crippen molar-refractivity contribution in [3.8, 4) is 0 Å². The SMILES string of the molecule is CC(C)N1C[C@@H](O)C(F)(F)C1. The maximum absolute atomic E-state index is 12.7. The third-order valence-corrected chi connectivity index (χ3v) is 2.04. The smallest absolute Gasteiger partial charge is 0.287 e. The zero-order valence-corrected chi connectivity index (χ0v) is 6.72. The van der Waals surface area contributed by atoms with Crippen molar-refractivity contribution in [3.05, 3.63) is 0 Å². The van der Waals surface area contributed by atoms with Crippen LogP contribution in [0.4, 0.5) is 8.78 Å². The molecule has 0 aromatic carbocycles. The Labute approximate surface area is 64.8 Å². The number of hydrogen-bond donors (Lipinski definition) is 1. The Bertz CT molecular complexity index is 149. The molecule has 0 spiro atoms. The number of likely N-dealkylation sites (tertiary alicyclic amines) is 1. The second-order valence-corrected chi connectivity index (χ2v) is 3.30. The molecule has 2 nitrogen and oxygen atoms in total. The lowest BCUT2D eigenvalue weighted by Crippen LogP contribution is -2.32. The van der Waals surface area contributed by atoms with Crippen LogP contribution in [0.1, 0.15) is 13.8 Å². The fraction of sp³-hybridized carbons (Fsp3) is 1.00. The van der Waals surface area contributed by atoms with Crippen LogP contribution in [-0.2, 0) is 0 Å². The summed E-state index contributed by atoms with van der Waals surface area (Å²) >= 11 is 0. The predicted octanol–water partition coefficient (Wildman–Crippen LogP) is 0.707. The molecule has 11 heavy (non-hydrogen) atoms. The second-order valence-electron chi connectivity index (χ2n) is 3.30. The van der Waals surface area contributed by atoms with Crippen molar-refractivity contribution in [2.45, 2.75) is 31.9 Å². The minimum absolute atomic E-state index is 0.0815. The molecule has 0 amide bonds. The van der Waals surface area contributed by atoms with Crippen LogP contribution in [0.5, 0.6) is 0 Å². The maximum Gasteiger partial charge on any atom is 0.287 e. The van der Waals surface area contributed by atoms with Gasteiger partial charge in [0.15, 0.2) is 0 Å². The zero-order valence-electron chi connectivity index (χ0n) is 6.72. The number of aliphatic hydroxyl groups is 1. The van der Waals surface area contributed by atoms with Gasteiger partial charge in [-0.3, -0.25) is 4.90 Å². The Hall–Kier alpha value is -0.220. The van der Waals surface area contributed by atoms with E-state index in [9.17, 15) is 8.78 Å². The van der Waals surface area contributed by atoms with Crippen molar-refractivity contribution in [3.63, 3.8) is 0 Å².